The molecule has 0 fully saturated rings. The minimum atomic E-state index is -3.00. The molecule has 0 atom stereocenters. The Balaban J connectivity index is 1.66. The fraction of sp³-hybridized carbons (Fsp3) is 0.250. The molecule has 0 saturated carbocycles. The minimum Gasteiger partial charge on any atom is -0.493 e. The van der Waals surface area contributed by atoms with E-state index in [0.717, 1.165) is 11.8 Å². The summed E-state index contributed by atoms with van der Waals surface area (Å²) in [6, 6.07) is 8.70. The number of aromatic nitrogens is 3. The van der Waals surface area contributed by atoms with Gasteiger partial charge in [-0.05, 0) is 48.0 Å². The van der Waals surface area contributed by atoms with Crippen LogP contribution in [0, 0.1) is 10.1 Å². The second-order valence-corrected chi connectivity index (χ2v) is 7.64. The van der Waals surface area contributed by atoms with Gasteiger partial charge in [0.05, 0.1) is 16.9 Å². The fourth-order valence-corrected chi connectivity index (χ4v) is 3.69. The highest BCUT2D eigenvalue weighted by molar-refractivity contribution is 7.99. The van der Waals surface area contributed by atoms with Gasteiger partial charge in [-0.25, -0.2) is 0 Å². The number of nitrogens with zero attached hydrogens (tertiary/aromatic N) is 4. The second kappa shape index (κ2) is 10.7. The van der Waals surface area contributed by atoms with Gasteiger partial charge in [0.25, 0.3) is 11.6 Å². The standard InChI is InChI=1S/C20H19F2N5O5S/c1-26-11-24-25-20(26)33-17-6-4-13(10-14(17)27(29)30)18(28)23-8-7-12-3-5-15(31-2)16(9-12)32-19(21)22/h3-6,9-11,19H,7-8H2,1-2H3,(H,23,28). The van der Waals surface area contributed by atoms with Gasteiger partial charge in [0, 0.05) is 25.2 Å². The van der Waals surface area contributed by atoms with Crippen molar-refractivity contribution in [2.75, 3.05) is 13.7 Å². The van der Waals surface area contributed by atoms with E-state index in [1.165, 1.54) is 43.8 Å². The van der Waals surface area contributed by atoms with Crippen LogP contribution in [-0.2, 0) is 13.5 Å². The predicted octanol–water partition coefficient (Wildman–Crippen LogP) is 3.46. The number of nitrogens with one attached hydrogen (secondary N) is 1. The van der Waals surface area contributed by atoms with E-state index in [-0.39, 0.29) is 29.3 Å². The lowest BCUT2D eigenvalue weighted by molar-refractivity contribution is -0.387. The summed E-state index contributed by atoms with van der Waals surface area (Å²) in [5.74, 6) is -0.455. The van der Waals surface area contributed by atoms with Crippen LogP contribution in [-0.4, -0.2) is 45.9 Å². The van der Waals surface area contributed by atoms with Crippen molar-refractivity contribution in [1.82, 2.24) is 20.1 Å². The van der Waals surface area contributed by atoms with E-state index in [9.17, 15) is 23.7 Å². The van der Waals surface area contributed by atoms with Crippen LogP contribution >= 0.6 is 11.8 Å². The van der Waals surface area contributed by atoms with Crippen LogP contribution in [0.4, 0.5) is 14.5 Å². The molecular weight excluding hydrogens is 460 g/mol. The lowest BCUT2D eigenvalue weighted by atomic mass is 10.1. The summed E-state index contributed by atoms with van der Waals surface area (Å²) >= 11 is 1.06. The molecule has 0 saturated heterocycles. The summed E-state index contributed by atoms with van der Waals surface area (Å²) in [5, 5.41) is 22.3. The molecule has 10 nitrogen and oxygen atoms in total. The first kappa shape index (κ1) is 23.9. The smallest absolute Gasteiger partial charge is 0.387 e. The van der Waals surface area contributed by atoms with E-state index < -0.39 is 17.4 Å². The van der Waals surface area contributed by atoms with Crippen LogP contribution in [0.2, 0.25) is 0 Å². The Morgan fingerprint density at radius 3 is 2.70 bits per heavy atom. The molecule has 0 aliphatic carbocycles. The zero-order valence-corrected chi connectivity index (χ0v) is 18.3. The second-order valence-electron chi connectivity index (χ2n) is 6.64. The number of benzene rings is 2. The number of methoxy groups -OCH3 is 1. The molecule has 2 aromatic carbocycles. The number of hydrogen-bond donors (Lipinski definition) is 1. The lowest BCUT2D eigenvalue weighted by Crippen LogP contribution is -2.25. The van der Waals surface area contributed by atoms with Crippen molar-refractivity contribution < 1.29 is 28.0 Å². The molecule has 0 radical (unpaired) electrons. The van der Waals surface area contributed by atoms with Crippen molar-refractivity contribution in [3.63, 3.8) is 0 Å². The van der Waals surface area contributed by atoms with Crippen LogP contribution < -0.4 is 14.8 Å². The molecule has 0 aliphatic rings. The normalized spacial score (nSPS) is 10.8. The van der Waals surface area contributed by atoms with E-state index in [4.69, 9.17) is 4.74 Å². The molecule has 13 heteroatoms. The number of nitro groups is 1. The third-order valence-electron chi connectivity index (χ3n) is 4.43. The van der Waals surface area contributed by atoms with Gasteiger partial charge in [-0.1, -0.05) is 6.07 Å². The molecule has 0 unspecified atom stereocenters. The van der Waals surface area contributed by atoms with Gasteiger partial charge in [0.15, 0.2) is 16.7 Å². The highest BCUT2D eigenvalue weighted by atomic mass is 32.2. The monoisotopic (exact) mass is 479 g/mol. The maximum Gasteiger partial charge on any atom is 0.387 e. The molecule has 1 amide bonds. The van der Waals surface area contributed by atoms with Gasteiger partial charge < -0.3 is 19.4 Å². The molecule has 0 bridgehead atoms. The van der Waals surface area contributed by atoms with Gasteiger partial charge in [-0.15, -0.1) is 10.2 Å². The van der Waals surface area contributed by atoms with E-state index in [0.29, 0.717) is 22.0 Å². The molecule has 33 heavy (non-hydrogen) atoms. The number of rotatable bonds is 10. The first-order chi connectivity index (χ1) is 15.8. The maximum atomic E-state index is 12.6. The van der Waals surface area contributed by atoms with Crippen LogP contribution in [0.15, 0.2) is 52.8 Å². The van der Waals surface area contributed by atoms with Gasteiger partial charge in [0.1, 0.15) is 6.33 Å². The molecule has 0 spiro atoms. The first-order valence-corrected chi connectivity index (χ1v) is 10.3. The summed E-state index contributed by atoms with van der Waals surface area (Å²) in [6.07, 6.45) is 1.79. The zero-order chi connectivity index (χ0) is 24.0. The number of hydrogen-bond acceptors (Lipinski definition) is 8. The number of aryl methyl sites for hydroxylation is 1. The van der Waals surface area contributed by atoms with Gasteiger partial charge in [-0.2, -0.15) is 8.78 Å². The number of carbonyl (C=O) groups excluding carboxylic acids is 1. The van der Waals surface area contributed by atoms with Crippen molar-refractivity contribution in [1.29, 1.82) is 0 Å². The highest BCUT2D eigenvalue weighted by Gasteiger charge is 2.20. The number of amides is 1. The van der Waals surface area contributed by atoms with Gasteiger partial charge in [-0.3, -0.25) is 14.9 Å². The average Bonchev–Trinajstić information content (AvgIpc) is 3.18. The van der Waals surface area contributed by atoms with Crippen LogP contribution in [0.1, 0.15) is 15.9 Å². The van der Waals surface area contributed by atoms with Crippen molar-refractivity contribution in [2.24, 2.45) is 7.05 Å². The quantitative estimate of drug-likeness (QED) is 0.347. The van der Waals surface area contributed by atoms with Gasteiger partial charge >= 0.3 is 6.61 Å². The molecule has 3 aromatic rings. The van der Waals surface area contributed by atoms with Crippen molar-refractivity contribution in [3.05, 3.63) is 64.0 Å². The summed E-state index contributed by atoms with van der Waals surface area (Å²) < 4.78 is 36.2. The predicted molar refractivity (Wildman–Crippen MR) is 114 cm³/mol. The van der Waals surface area contributed by atoms with Crippen molar-refractivity contribution in [3.8, 4) is 11.5 Å². The third-order valence-corrected chi connectivity index (χ3v) is 5.55. The van der Waals surface area contributed by atoms with Crippen molar-refractivity contribution in [2.45, 2.75) is 23.1 Å². The Labute approximate surface area is 191 Å². The number of ether oxygens (including phenoxy) is 2. The number of nitro benzene ring substituents is 1. The topological polar surface area (TPSA) is 121 Å². The minimum absolute atomic E-state index is 0.108. The maximum absolute atomic E-state index is 12.6. The van der Waals surface area contributed by atoms with Crippen LogP contribution in [0.25, 0.3) is 0 Å². The Hall–Kier alpha value is -3.74. The highest BCUT2D eigenvalue weighted by Crippen LogP contribution is 2.34. The first-order valence-electron chi connectivity index (χ1n) is 9.48. The third kappa shape index (κ3) is 6.16. The van der Waals surface area contributed by atoms with Gasteiger partial charge in [0.2, 0.25) is 0 Å². The Bertz CT molecular complexity index is 1160. The molecule has 174 valence electrons. The summed E-state index contributed by atoms with van der Waals surface area (Å²) in [6.45, 7) is -2.83. The SMILES string of the molecule is COc1ccc(CCNC(=O)c2ccc(Sc3nncn3C)c([N+](=O)[O-])c2)cc1OC(F)F. The van der Waals surface area contributed by atoms with E-state index in [1.807, 2.05) is 0 Å². The number of carbonyl (C=O) groups is 1. The van der Waals surface area contributed by atoms with Crippen LogP contribution in [0.3, 0.4) is 0 Å². The average molecular weight is 479 g/mol. The number of halogens is 2. The molecule has 0 aliphatic heterocycles. The molecule has 3 rings (SSSR count). The van der Waals surface area contributed by atoms with Crippen LogP contribution in [0.5, 0.6) is 11.5 Å². The Morgan fingerprint density at radius 1 is 1.27 bits per heavy atom. The summed E-state index contributed by atoms with van der Waals surface area (Å²) in [7, 11) is 3.05. The Morgan fingerprint density at radius 2 is 2.06 bits per heavy atom. The Kier molecular flexibility index (Phi) is 7.77. The summed E-state index contributed by atoms with van der Waals surface area (Å²) in [4.78, 5) is 23.8. The molecular formula is C20H19F2N5O5S. The number of alkyl halides is 2. The summed E-state index contributed by atoms with van der Waals surface area (Å²) in [5.41, 5.74) is 0.508. The van der Waals surface area contributed by atoms with E-state index in [1.54, 1.807) is 17.7 Å². The largest absolute Gasteiger partial charge is 0.493 e. The molecule has 1 N–H and O–H groups in total. The lowest BCUT2D eigenvalue weighted by Gasteiger charge is -2.12. The molecule has 1 heterocycles. The molecule has 1 aromatic heterocycles. The van der Waals surface area contributed by atoms with Crippen molar-refractivity contribution >= 4 is 23.4 Å². The van der Waals surface area contributed by atoms with E-state index in [2.05, 4.69) is 20.3 Å². The van der Waals surface area contributed by atoms with E-state index >= 15 is 0 Å². The zero-order valence-electron chi connectivity index (χ0n) is 17.5. The fourth-order valence-electron chi connectivity index (χ4n) is 2.84.